The van der Waals surface area contributed by atoms with Gasteiger partial charge in [0.1, 0.15) is 47.4 Å². The standard InChI is InChI=1S/C41H48O18/c1-5-56-38(52)28-23(18-9-13-20(43)14-10-18)29(39(53)57-6-2)34(48)26(33(28)47)25(37(51)32(46)22(45)17-42)27-35(49)30(40(54)58-7-3)24(19-11-15-21(44)16-12-19)31(36(27)50)41(55)59-8-4/h9-16,22-32,37,42-46,51H,5-8,17H2,1-4H3/t22-,23?,24?,25?,26?,27?,28-,29+,30-,31+,32-,37+/m1/s1. The van der Waals surface area contributed by atoms with Crippen LogP contribution in [0.25, 0.3) is 0 Å². The van der Waals surface area contributed by atoms with Gasteiger partial charge in [-0.15, -0.1) is 0 Å². The number of ether oxygens (including phenoxy) is 4. The van der Waals surface area contributed by atoms with E-state index in [0.717, 1.165) is 24.3 Å². The Labute approximate surface area is 338 Å². The molecule has 18 nitrogen and oxygen atoms in total. The van der Waals surface area contributed by atoms with E-state index >= 15 is 0 Å². The number of hydrogen-bond acceptors (Lipinski definition) is 18. The molecule has 0 radical (unpaired) electrons. The largest absolute Gasteiger partial charge is 0.508 e. The molecule has 0 heterocycles. The molecule has 6 N–H and O–H groups in total. The van der Waals surface area contributed by atoms with Crippen LogP contribution in [0.2, 0.25) is 0 Å². The maximum absolute atomic E-state index is 15.0. The predicted molar refractivity (Wildman–Crippen MR) is 198 cm³/mol. The molecule has 59 heavy (non-hydrogen) atoms. The Hall–Kier alpha value is -5.56. The Morgan fingerprint density at radius 2 is 0.780 bits per heavy atom. The lowest BCUT2D eigenvalue weighted by Crippen LogP contribution is -2.63. The highest BCUT2D eigenvalue weighted by Crippen LogP contribution is 2.51. The molecule has 0 saturated heterocycles. The van der Waals surface area contributed by atoms with Crippen LogP contribution in [0.3, 0.4) is 0 Å². The summed E-state index contributed by atoms with van der Waals surface area (Å²) < 4.78 is 20.9. The number of aliphatic hydroxyl groups is 4. The quantitative estimate of drug-likeness (QED) is 0.0732. The minimum atomic E-state index is -2.72. The van der Waals surface area contributed by atoms with Gasteiger partial charge >= 0.3 is 23.9 Å². The highest BCUT2D eigenvalue weighted by atomic mass is 16.5. The molecule has 11 atom stereocenters. The van der Waals surface area contributed by atoms with Crippen LogP contribution in [0, 0.1) is 41.4 Å². The lowest BCUT2D eigenvalue weighted by Gasteiger charge is -2.46. The van der Waals surface area contributed by atoms with Gasteiger partial charge in [-0.05, 0) is 63.1 Å². The van der Waals surface area contributed by atoms with Gasteiger partial charge in [-0.25, -0.2) is 0 Å². The number of Topliss-reactive ketones (excluding diaryl/α,β-unsaturated/α-hetero) is 4. The van der Waals surface area contributed by atoms with Gasteiger partial charge in [-0.1, -0.05) is 24.3 Å². The first-order valence-corrected chi connectivity index (χ1v) is 19.1. The zero-order valence-corrected chi connectivity index (χ0v) is 32.7. The van der Waals surface area contributed by atoms with Gasteiger partial charge in [0, 0.05) is 17.8 Å². The molecule has 2 aliphatic rings. The molecule has 4 unspecified atom stereocenters. The number of aliphatic hydroxyl groups excluding tert-OH is 4. The number of ketones is 4. The van der Waals surface area contributed by atoms with E-state index in [4.69, 9.17) is 18.9 Å². The summed E-state index contributed by atoms with van der Waals surface area (Å²) >= 11 is 0. The maximum Gasteiger partial charge on any atom is 0.317 e. The molecule has 0 bridgehead atoms. The van der Waals surface area contributed by atoms with Crippen LogP contribution in [0.5, 0.6) is 11.5 Å². The highest BCUT2D eigenvalue weighted by Gasteiger charge is 2.66. The zero-order chi connectivity index (χ0) is 43.9. The number of aromatic hydroxyl groups is 2. The summed E-state index contributed by atoms with van der Waals surface area (Å²) in [6, 6.07) is 9.47. The summed E-state index contributed by atoms with van der Waals surface area (Å²) in [6.07, 6.45) is -7.53. The van der Waals surface area contributed by atoms with Crippen LogP contribution in [-0.2, 0) is 57.3 Å². The van der Waals surface area contributed by atoms with Crippen molar-refractivity contribution in [1.82, 2.24) is 0 Å². The number of esters is 4. The highest BCUT2D eigenvalue weighted by molar-refractivity contribution is 6.22. The molecular formula is C41H48O18. The molecule has 0 aliphatic heterocycles. The average Bonchev–Trinajstić information content (AvgIpc) is 3.19. The van der Waals surface area contributed by atoms with Gasteiger partial charge in [0.05, 0.1) is 51.0 Å². The van der Waals surface area contributed by atoms with Gasteiger partial charge in [0.25, 0.3) is 0 Å². The molecule has 2 aliphatic carbocycles. The number of benzene rings is 2. The van der Waals surface area contributed by atoms with Gasteiger partial charge < -0.3 is 49.6 Å². The average molecular weight is 829 g/mol. The molecule has 0 aromatic heterocycles. The third-order valence-corrected chi connectivity index (χ3v) is 10.7. The maximum atomic E-state index is 15.0. The zero-order valence-electron chi connectivity index (χ0n) is 32.7. The van der Waals surface area contributed by atoms with Crippen molar-refractivity contribution in [2.45, 2.75) is 57.8 Å². The van der Waals surface area contributed by atoms with E-state index in [9.17, 15) is 69.0 Å². The first-order valence-electron chi connectivity index (χ1n) is 19.1. The monoisotopic (exact) mass is 828 g/mol. The van der Waals surface area contributed by atoms with Crippen molar-refractivity contribution in [2.24, 2.45) is 41.4 Å². The molecule has 4 rings (SSSR count). The summed E-state index contributed by atoms with van der Waals surface area (Å²) in [6.45, 7) is 2.98. The van der Waals surface area contributed by atoms with Crippen molar-refractivity contribution in [1.29, 1.82) is 0 Å². The van der Waals surface area contributed by atoms with Crippen molar-refractivity contribution >= 4 is 47.0 Å². The molecule has 18 heteroatoms. The fourth-order valence-corrected chi connectivity index (χ4v) is 8.20. The summed E-state index contributed by atoms with van der Waals surface area (Å²) in [4.78, 5) is 115. The van der Waals surface area contributed by atoms with E-state index in [1.54, 1.807) is 0 Å². The molecule has 2 aromatic carbocycles. The van der Waals surface area contributed by atoms with Crippen LogP contribution in [0.15, 0.2) is 48.5 Å². The van der Waals surface area contributed by atoms with E-state index < -0.39 is 125 Å². The Morgan fingerprint density at radius 1 is 0.508 bits per heavy atom. The van der Waals surface area contributed by atoms with Crippen LogP contribution in [0.4, 0.5) is 0 Å². The van der Waals surface area contributed by atoms with Crippen molar-refractivity contribution in [3.63, 3.8) is 0 Å². The fourth-order valence-electron chi connectivity index (χ4n) is 8.20. The van der Waals surface area contributed by atoms with Crippen molar-refractivity contribution in [2.75, 3.05) is 33.0 Å². The van der Waals surface area contributed by atoms with E-state index in [1.165, 1.54) is 52.0 Å². The second-order valence-corrected chi connectivity index (χ2v) is 14.0. The molecule has 2 saturated carbocycles. The Balaban J connectivity index is 2.10. The van der Waals surface area contributed by atoms with E-state index in [-0.39, 0.29) is 49.1 Å². The first-order chi connectivity index (χ1) is 28.0. The third kappa shape index (κ3) is 9.20. The van der Waals surface area contributed by atoms with Crippen molar-refractivity contribution < 1.29 is 87.9 Å². The van der Waals surface area contributed by atoms with Crippen LogP contribution in [0.1, 0.15) is 50.7 Å². The number of rotatable bonds is 16. The lowest BCUT2D eigenvalue weighted by atomic mass is 9.54. The SMILES string of the molecule is CCOC(=O)[C@@H]1C(=O)C(C(C2C(=O)[C@@H](C(=O)OCC)C(c3ccc(O)cc3)[C@@H](C(=O)OCC)C2=O)[C@H](O)[C@H](O)[C@H](O)CO)C(=O)[C@H](C(=O)OCC)C1c1ccc(O)cc1. The van der Waals surface area contributed by atoms with Gasteiger partial charge in [-0.3, -0.25) is 38.4 Å². The lowest BCUT2D eigenvalue weighted by molar-refractivity contribution is -0.174. The first kappa shape index (κ1) is 46.1. The van der Waals surface area contributed by atoms with Crippen LogP contribution >= 0.6 is 0 Å². The van der Waals surface area contributed by atoms with Crippen LogP contribution in [-0.4, -0.2) is 129 Å². The molecule has 320 valence electrons. The normalized spacial score (nSPS) is 26.6. The molecular weight excluding hydrogens is 780 g/mol. The smallest absolute Gasteiger partial charge is 0.317 e. The summed E-state index contributed by atoms with van der Waals surface area (Å²) in [5.41, 5.74) is -0.0311. The topological polar surface area (TPSA) is 295 Å². The number of phenolic OH excluding ortho intramolecular Hbond substituents is 2. The number of phenols is 2. The Kier molecular flexibility index (Phi) is 15.6. The minimum Gasteiger partial charge on any atom is -0.508 e. The van der Waals surface area contributed by atoms with E-state index in [2.05, 4.69) is 0 Å². The van der Waals surface area contributed by atoms with E-state index in [0.29, 0.717) is 0 Å². The van der Waals surface area contributed by atoms with Gasteiger partial charge in [-0.2, -0.15) is 0 Å². The number of carbonyl (C=O) groups excluding carboxylic acids is 8. The summed E-state index contributed by atoms with van der Waals surface area (Å²) in [5, 5.41) is 63.4. The fraction of sp³-hybridized carbons (Fsp3) is 0.512. The molecule has 2 fully saturated rings. The Morgan fingerprint density at radius 3 is 1.02 bits per heavy atom. The second-order valence-electron chi connectivity index (χ2n) is 14.0. The molecule has 0 amide bonds. The third-order valence-electron chi connectivity index (χ3n) is 10.7. The number of carbonyl (C=O) groups is 8. The summed E-state index contributed by atoms with van der Waals surface area (Å²) in [7, 11) is 0. The molecule has 2 aromatic rings. The minimum absolute atomic E-state index is 0.0156. The predicted octanol–water partition coefficient (Wildman–Crippen LogP) is -0.0904. The number of hydrogen-bond donors (Lipinski definition) is 6. The van der Waals surface area contributed by atoms with Crippen molar-refractivity contribution in [3.8, 4) is 11.5 Å². The Bertz CT molecular complexity index is 1690. The summed E-state index contributed by atoms with van der Waals surface area (Å²) in [5.74, 6) is -31.1. The second kappa shape index (κ2) is 19.9. The van der Waals surface area contributed by atoms with E-state index in [1.807, 2.05) is 0 Å². The van der Waals surface area contributed by atoms with Gasteiger partial charge in [0.2, 0.25) is 0 Å². The van der Waals surface area contributed by atoms with Crippen molar-refractivity contribution in [3.05, 3.63) is 59.7 Å². The van der Waals surface area contributed by atoms with Gasteiger partial charge in [0.15, 0.2) is 23.1 Å². The molecule has 0 spiro atoms. The van der Waals surface area contributed by atoms with Crippen LogP contribution < -0.4 is 0 Å².